The number of hydrogen-bond acceptors (Lipinski definition) is 7. The van der Waals surface area contributed by atoms with Crippen LogP contribution in [0.3, 0.4) is 0 Å². The summed E-state index contributed by atoms with van der Waals surface area (Å²) in [6.45, 7) is -0.234. The van der Waals surface area contributed by atoms with Crippen LogP contribution in [0.5, 0.6) is 5.75 Å². The van der Waals surface area contributed by atoms with Gasteiger partial charge in [0.25, 0.3) is 11.8 Å². The molecular weight excluding hydrogens is 358 g/mol. The molecule has 0 aliphatic rings. The van der Waals surface area contributed by atoms with Gasteiger partial charge in [0.2, 0.25) is 0 Å². The minimum Gasteiger partial charge on any atom is -0.484 e. The molecule has 26 heavy (non-hydrogen) atoms. The van der Waals surface area contributed by atoms with Crippen LogP contribution in [0.4, 0.5) is 6.01 Å². The number of amides is 1. The Hall–Kier alpha value is -3.20. The maximum atomic E-state index is 11.9. The molecule has 134 valence electrons. The predicted molar refractivity (Wildman–Crippen MR) is 93.4 cm³/mol. The Bertz CT molecular complexity index is 1020. The molecule has 0 fully saturated rings. The molecule has 3 aromatic rings. The van der Waals surface area contributed by atoms with Crippen molar-refractivity contribution in [2.75, 3.05) is 18.2 Å². The summed E-state index contributed by atoms with van der Waals surface area (Å²) in [5.41, 5.74) is 0.267. The lowest BCUT2D eigenvalue weighted by molar-refractivity contribution is -0.118. The van der Waals surface area contributed by atoms with Crippen LogP contribution in [0, 0.1) is 0 Å². The van der Waals surface area contributed by atoms with Gasteiger partial charge >= 0.3 is 6.01 Å². The number of benzene rings is 2. The summed E-state index contributed by atoms with van der Waals surface area (Å²) >= 11 is 0. The number of nitrogens with zero attached hydrogens (tertiary/aromatic N) is 2. The van der Waals surface area contributed by atoms with Gasteiger partial charge in [0.1, 0.15) is 5.75 Å². The Labute approximate surface area is 149 Å². The van der Waals surface area contributed by atoms with E-state index in [0.29, 0.717) is 5.75 Å². The highest BCUT2D eigenvalue weighted by molar-refractivity contribution is 7.90. The number of para-hydroxylation sites is 1. The summed E-state index contributed by atoms with van der Waals surface area (Å²) in [5, 5.41) is 9.91. The first-order valence-electron chi connectivity index (χ1n) is 7.54. The van der Waals surface area contributed by atoms with Crippen LogP contribution in [-0.2, 0) is 14.6 Å². The summed E-state index contributed by atoms with van der Waals surface area (Å²) in [5.74, 6) is 0.0571. The van der Waals surface area contributed by atoms with Crippen LogP contribution in [0.15, 0.2) is 63.9 Å². The monoisotopic (exact) mass is 373 g/mol. The fraction of sp³-hybridized carbons (Fsp3) is 0.118. The van der Waals surface area contributed by atoms with Crippen molar-refractivity contribution >= 4 is 21.8 Å². The van der Waals surface area contributed by atoms with E-state index >= 15 is 0 Å². The molecule has 1 heterocycles. The number of ether oxygens (including phenoxy) is 1. The Morgan fingerprint density at radius 2 is 1.77 bits per heavy atom. The molecule has 0 spiro atoms. The molecule has 0 saturated heterocycles. The largest absolute Gasteiger partial charge is 0.484 e. The molecule has 2 aromatic carbocycles. The van der Waals surface area contributed by atoms with E-state index in [2.05, 4.69) is 15.5 Å². The normalized spacial score (nSPS) is 11.1. The van der Waals surface area contributed by atoms with E-state index in [-0.39, 0.29) is 29.0 Å². The fourth-order valence-corrected chi connectivity index (χ4v) is 3.05. The van der Waals surface area contributed by atoms with Crippen molar-refractivity contribution < 1.29 is 22.4 Å². The summed E-state index contributed by atoms with van der Waals surface area (Å²) in [6, 6.07) is 15.0. The Morgan fingerprint density at radius 3 is 2.50 bits per heavy atom. The van der Waals surface area contributed by atoms with E-state index in [1.54, 1.807) is 42.5 Å². The standard InChI is InChI=1S/C17H15N3O5S/c1-26(22,23)14-10-6-5-9-13(14)16-19-20-17(25-16)18-15(21)11-24-12-7-3-2-4-8-12/h2-10H,11H2,1H3,(H,18,20,21). The summed E-state index contributed by atoms with van der Waals surface area (Å²) in [4.78, 5) is 12.0. The second kappa shape index (κ2) is 7.36. The molecule has 1 N–H and O–H groups in total. The Morgan fingerprint density at radius 1 is 1.08 bits per heavy atom. The smallest absolute Gasteiger partial charge is 0.322 e. The van der Waals surface area contributed by atoms with Crippen LogP contribution in [-0.4, -0.2) is 37.4 Å². The molecular formula is C17H15N3O5S. The first-order chi connectivity index (χ1) is 12.4. The van der Waals surface area contributed by atoms with E-state index in [1.807, 2.05) is 6.07 Å². The molecule has 3 rings (SSSR count). The van der Waals surface area contributed by atoms with E-state index in [4.69, 9.17) is 9.15 Å². The second-order valence-corrected chi connectivity index (χ2v) is 7.31. The lowest BCUT2D eigenvalue weighted by atomic mass is 10.2. The van der Waals surface area contributed by atoms with Gasteiger partial charge < -0.3 is 9.15 Å². The third-order valence-corrected chi connectivity index (χ3v) is 4.46. The predicted octanol–water partition coefficient (Wildman–Crippen LogP) is 2.16. The van der Waals surface area contributed by atoms with E-state index in [0.717, 1.165) is 6.26 Å². The fourth-order valence-electron chi connectivity index (χ4n) is 2.17. The van der Waals surface area contributed by atoms with Gasteiger partial charge in [-0.2, -0.15) is 0 Å². The van der Waals surface area contributed by atoms with Crippen LogP contribution in [0.25, 0.3) is 11.5 Å². The molecule has 0 saturated carbocycles. The Kier molecular flexibility index (Phi) is 4.99. The van der Waals surface area contributed by atoms with E-state index in [9.17, 15) is 13.2 Å². The molecule has 9 heteroatoms. The number of carbonyl (C=O) groups is 1. The average molecular weight is 373 g/mol. The zero-order valence-electron chi connectivity index (χ0n) is 13.7. The maximum absolute atomic E-state index is 11.9. The first-order valence-corrected chi connectivity index (χ1v) is 9.43. The SMILES string of the molecule is CS(=O)(=O)c1ccccc1-c1nnc(NC(=O)COc2ccccc2)o1. The minimum atomic E-state index is -3.47. The molecule has 1 amide bonds. The summed E-state index contributed by atoms with van der Waals surface area (Å²) in [6.07, 6.45) is 1.09. The van der Waals surface area contributed by atoms with Crippen molar-refractivity contribution in [2.24, 2.45) is 0 Å². The summed E-state index contributed by atoms with van der Waals surface area (Å²) < 4.78 is 34.4. The Balaban J connectivity index is 1.70. The van der Waals surface area contributed by atoms with Gasteiger partial charge in [-0.1, -0.05) is 35.4 Å². The number of anilines is 1. The van der Waals surface area contributed by atoms with Crippen molar-refractivity contribution in [2.45, 2.75) is 4.90 Å². The number of aromatic nitrogens is 2. The number of sulfone groups is 1. The topological polar surface area (TPSA) is 111 Å². The van der Waals surface area contributed by atoms with Gasteiger partial charge in [0, 0.05) is 6.26 Å². The van der Waals surface area contributed by atoms with Gasteiger partial charge in [0.15, 0.2) is 16.4 Å². The number of rotatable bonds is 6. The van der Waals surface area contributed by atoms with E-state index in [1.165, 1.54) is 6.07 Å². The lowest BCUT2D eigenvalue weighted by Crippen LogP contribution is -2.20. The highest BCUT2D eigenvalue weighted by atomic mass is 32.2. The van der Waals surface area contributed by atoms with Gasteiger partial charge in [0.05, 0.1) is 10.5 Å². The molecule has 1 aromatic heterocycles. The van der Waals surface area contributed by atoms with Crippen LogP contribution < -0.4 is 10.1 Å². The molecule has 0 atom stereocenters. The van der Waals surface area contributed by atoms with Crippen molar-refractivity contribution in [1.82, 2.24) is 10.2 Å². The molecule has 0 radical (unpaired) electrons. The molecule has 0 bridgehead atoms. The summed E-state index contributed by atoms with van der Waals surface area (Å²) in [7, 11) is -3.47. The van der Waals surface area contributed by atoms with Crippen molar-refractivity contribution in [3.63, 3.8) is 0 Å². The second-order valence-electron chi connectivity index (χ2n) is 5.33. The molecule has 0 unspecified atom stereocenters. The highest BCUT2D eigenvalue weighted by Gasteiger charge is 2.19. The third kappa shape index (κ3) is 4.25. The number of hydrogen-bond donors (Lipinski definition) is 1. The van der Waals surface area contributed by atoms with Crippen molar-refractivity contribution in [3.8, 4) is 17.2 Å². The highest BCUT2D eigenvalue weighted by Crippen LogP contribution is 2.27. The molecule has 8 nitrogen and oxygen atoms in total. The average Bonchev–Trinajstić information content (AvgIpc) is 3.08. The zero-order valence-corrected chi connectivity index (χ0v) is 14.6. The minimum absolute atomic E-state index is 0.00898. The zero-order chi connectivity index (χ0) is 18.6. The maximum Gasteiger partial charge on any atom is 0.322 e. The molecule has 0 aliphatic heterocycles. The first kappa shape index (κ1) is 17.6. The van der Waals surface area contributed by atoms with Gasteiger partial charge in [-0.05, 0) is 24.3 Å². The van der Waals surface area contributed by atoms with Gasteiger partial charge in [-0.15, -0.1) is 5.10 Å². The van der Waals surface area contributed by atoms with Crippen LogP contribution in [0.1, 0.15) is 0 Å². The van der Waals surface area contributed by atoms with Crippen LogP contribution >= 0.6 is 0 Å². The van der Waals surface area contributed by atoms with Crippen LogP contribution in [0.2, 0.25) is 0 Å². The molecule has 0 aliphatic carbocycles. The van der Waals surface area contributed by atoms with Gasteiger partial charge in [-0.25, -0.2) is 8.42 Å². The van der Waals surface area contributed by atoms with Crippen molar-refractivity contribution in [1.29, 1.82) is 0 Å². The third-order valence-electron chi connectivity index (χ3n) is 3.30. The quantitative estimate of drug-likeness (QED) is 0.704. The van der Waals surface area contributed by atoms with E-state index < -0.39 is 15.7 Å². The number of carbonyl (C=O) groups excluding carboxylic acids is 1. The van der Waals surface area contributed by atoms with Crippen molar-refractivity contribution in [3.05, 3.63) is 54.6 Å². The van der Waals surface area contributed by atoms with Gasteiger partial charge in [-0.3, -0.25) is 10.1 Å². The number of nitrogens with one attached hydrogen (secondary N) is 1. The lowest BCUT2D eigenvalue weighted by Gasteiger charge is -2.05.